The van der Waals surface area contributed by atoms with Gasteiger partial charge in [-0.15, -0.1) is 0 Å². The second kappa shape index (κ2) is 4.73. The number of rotatable bonds is 2. The van der Waals surface area contributed by atoms with Crippen LogP contribution in [0.2, 0.25) is 0 Å². The molecule has 1 aromatic rings. The SMILES string of the molecule is CC1CC(C)CC(C(=O)c2cnccn2)C1. The van der Waals surface area contributed by atoms with Crippen LogP contribution >= 0.6 is 0 Å². The van der Waals surface area contributed by atoms with E-state index < -0.39 is 0 Å². The van der Waals surface area contributed by atoms with Crippen molar-refractivity contribution in [1.82, 2.24) is 9.97 Å². The quantitative estimate of drug-likeness (QED) is 0.717. The molecule has 0 aromatic carbocycles. The minimum Gasteiger partial charge on any atom is -0.292 e. The van der Waals surface area contributed by atoms with Gasteiger partial charge in [0.2, 0.25) is 0 Å². The van der Waals surface area contributed by atoms with E-state index in [-0.39, 0.29) is 11.7 Å². The maximum atomic E-state index is 12.2. The van der Waals surface area contributed by atoms with E-state index in [1.165, 1.54) is 6.42 Å². The number of ketones is 1. The van der Waals surface area contributed by atoms with Crippen LogP contribution in [0.25, 0.3) is 0 Å². The molecule has 2 unspecified atom stereocenters. The summed E-state index contributed by atoms with van der Waals surface area (Å²) >= 11 is 0. The third kappa shape index (κ3) is 2.46. The third-order valence-corrected chi connectivity index (χ3v) is 3.36. The Bertz CT molecular complexity index is 353. The highest BCUT2D eigenvalue weighted by Gasteiger charge is 2.30. The molecule has 86 valence electrons. The molecule has 3 nitrogen and oxygen atoms in total. The van der Waals surface area contributed by atoms with Gasteiger partial charge in [0.15, 0.2) is 5.78 Å². The van der Waals surface area contributed by atoms with Gasteiger partial charge < -0.3 is 0 Å². The summed E-state index contributed by atoms with van der Waals surface area (Å²) in [6, 6.07) is 0. The highest BCUT2D eigenvalue weighted by atomic mass is 16.1. The lowest BCUT2D eigenvalue weighted by Gasteiger charge is -2.30. The van der Waals surface area contributed by atoms with Crippen LogP contribution in [0.5, 0.6) is 0 Å². The Balaban J connectivity index is 2.10. The third-order valence-electron chi connectivity index (χ3n) is 3.36. The van der Waals surface area contributed by atoms with Gasteiger partial charge in [-0.05, 0) is 31.1 Å². The summed E-state index contributed by atoms with van der Waals surface area (Å²) in [4.78, 5) is 20.2. The molecule has 1 heterocycles. The first-order valence-electron chi connectivity index (χ1n) is 5.97. The predicted octanol–water partition coefficient (Wildman–Crippen LogP) is 2.73. The number of carbonyl (C=O) groups is 1. The molecule has 2 rings (SSSR count). The lowest BCUT2D eigenvalue weighted by atomic mass is 9.74. The number of carbonyl (C=O) groups excluding carboxylic acids is 1. The standard InChI is InChI=1S/C13H18N2O/c1-9-5-10(2)7-11(6-9)13(16)12-8-14-3-4-15-12/h3-4,8-11H,5-7H2,1-2H3. The van der Waals surface area contributed by atoms with Crippen molar-refractivity contribution in [3.63, 3.8) is 0 Å². The van der Waals surface area contributed by atoms with Crippen molar-refractivity contribution in [3.8, 4) is 0 Å². The van der Waals surface area contributed by atoms with Crippen molar-refractivity contribution < 1.29 is 4.79 Å². The van der Waals surface area contributed by atoms with Gasteiger partial charge in [0.05, 0.1) is 6.20 Å². The molecule has 0 spiro atoms. The Morgan fingerprint density at radius 1 is 1.19 bits per heavy atom. The summed E-state index contributed by atoms with van der Waals surface area (Å²) in [6.45, 7) is 4.46. The van der Waals surface area contributed by atoms with E-state index in [4.69, 9.17) is 0 Å². The van der Waals surface area contributed by atoms with E-state index >= 15 is 0 Å². The van der Waals surface area contributed by atoms with Crippen molar-refractivity contribution in [2.45, 2.75) is 33.1 Å². The van der Waals surface area contributed by atoms with Crippen LogP contribution in [0.1, 0.15) is 43.6 Å². The Labute approximate surface area is 96.3 Å². The Morgan fingerprint density at radius 2 is 1.88 bits per heavy atom. The average Bonchev–Trinajstić information content (AvgIpc) is 2.28. The fraction of sp³-hybridized carbons (Fsp3) is 0.615. The Morgan fingerprint density at radius 3 is 2.44 bits per heavy atom. The molecule has 0 saturated heterocycles. The highest BCUT2D eigenvalue weighted by molar-refractivity contribution is 5.95. The average molecular weight is 218 g/mol. The molecule has 1 aromatic heterocycles. The van der Waals surface area contributed by atoms with Gasteiger partial charge in [-0.25, -0.2) is 4.98 Å². The van der Waals surface area contributed by atoms with Crippen LogP contribution in [-0.4, -0.2) is 15.8 Å². The number of aromatic nitrogens is 2. The predicted molar refractivity (Wildman–Crippen MR) is 62.0 cm³/mol. The van der Waals surface area contributed by atoms with E-state index in [0.29, 0.717) is 17.5 Å². The number of nitrogens with zero attached hydrogens (tertiary/aromatic N) is 2. The monoisotopic (exact) mass is 218 g/mol. The number of hydrogen-bond acceptors (Lipinski definition) is 3. The van der Waals surface area contributed by atoms with Crippen molar-refractivity contribution >= 4 is 5.78 Å². The van der Waals surface area contributed by atoms with E-state index in [1.54, 1.807) is 18.6 Å². The highest BCUT2D eigenvalue weighted by Crippen LogP contribution is 2.34. The number of Topliss-reactive ketones (excluding diaryl/α,β-unsaturated/α-hetero) is 1. The van der Waals surface area contributed by atoms with Crippen molar-refractivity contribution in [2.75, 3.05) is 0 Å². The van der Waals surface area contributed by atoms with E-state index in [0.717, 1.165) is 12.8 Å². The van der Waals surface area contributed by atoms with Crippen LogP contribution < -0.4 is 0 Å². The normalized spacial score (nSPS) is 30.0. The fourth-order valence-corrected chi connectivity index (χ4v) is 2.80. The summed E-state index contributed by atoms with van der Waals surface area (Å²) in [5, 5.41) is 0. The lowest BCUT2D eigenvalue weighted by Crippen LogP contribution is -2.26. The van der Waals surface area contributed by atoms with Gasteiger partial charge in [0.1, 0.15) is 5.69 Å². The molecule has 16 heavy (non-hydrogen) atoms. The first kappa shape index (κ1) is 11.2. The zero-order chi connectivity index (χ0) is 11.5. The topological polar surface area (TPSA) is 42.9 Å². The molecule has 0 radical (unpaired) electrons. The minimum absolute atomic E-state index is 0.149. The zero-order valence-electron chi connectivity index (χ0n) is 9.89. The van der Waals surface area contributed by atoms with Gasteiger partial charge >= 0.3 is 0 Å². The molecule has 1 aliphatic carbocycles. The molecule has 0 N–H and O–H groups in total. The minimum atomic E-state index is 0.149. The van der Waals surface area contributed by atoms with Gasteiger partial charge in [0, 0.05) is 18.3 Å². The van der Waals surface area contributed by atoms with E-state index in [9.17, 15) is 4.79 Å². The van der Waals surface area contributed by atoms with Crippen molar-refractivity contribution in [1.29, 1.82) is 0 Å². The lowest BCUT2D eigenvalue weighted by molar-refractivity contribution is 0.0830. The van der Waals surface area contributed by atoms with E-state index in [1.807, 2.05) is 0 Å². The van der Waals surface area contributed by atoms with Crippen LogP contribution in [-0.2, 0) is 0 Å². The summed E-state index contributed by atoms with van der Waals surface area (Å²) in [5.74, 6) is 1.62. The molecule has 1 fully saturated rings. The largest absolute Gasteiger partial charge is 0.292 e. The van der Waals surface area contributed by atoms with Crippen LogP contribution in [0, 0.1) is 17.8 Å². The smallest absolute Gasteiger partial charge is 0.185 e. The molecule has 3 heteroatoms. The van der Waals surface area contributed by atoms with Gasteiger partial charge in [-0.1, -0.05) is 13.8 Å². The summed E-state index contributed by atoms with van der Waals surface area (Å²) < 4.78 is 0. The second-order valence-corrected chi connectivity index (χ2v) is 5.07. The first-order chi connectivity index (χ1) is 7.66. The maximum Gasteiger partial charge on any atom is 0.185 e. The molecule has 0 bridgehead atoms. The van der Waals surface area contributed by atoms with Gasteiger partial charge in [-0.2, -0.15) is 0 Å². The van der Waals surface area contributed by atoms with Crippen molar-refractivity contribution in [2.24, 2.45) is 17.8 Å². The van der Waals surface area contributed by atoms with Crippen LogP contribution in [0.4, 0.5) is 0 Å². The molecule has 0 amide bonds. The molecular formula is C13H18N2O. The summed E-state index contributed by atoms with van der Waals surface area (Å²) in [6.07, 6.45) is 8.00. The summed E-state index contributed by atoms with van der Waals surface area (Å²) in [5.41, 5.74) is 0.522. The maximum absolute atomic E-state index is 12.2. The Kier molecular flexibility index (Phi) is 3.32. The first-order valence-corrected chi connectivity index (χ1v) is 5.97. The number of hydrogen-bond donors (Lipinski definition) is 0. The molecule has 0 aliphatic heterocycles. The molecule has 1 aliphatic rings. The van der Waals surface area contributed by atoms with Crippen molar-refractivity contribution in [3.05, 3.63) is 24.3 Å². The molecular weight excluding hydrogens is 200 g/mol. The molecule has 2 atom stereocenters. The Hall–Kier alpha value is -1.25. The molecule has 1 saturated carbocycles. The summed E-state index contributed by atoms with van der Waals surface area (Å²) in [7, 11) is 0. The fourth-order valence-electron chi connectivity index (χ4n) is 2.80. The van der Waals surface area contributed by atoms with Gasteiger partial charge in [0.25, 0.3) is 0 Å². The van der Waals surface area contributed by atoms with E-state index in [2.05, 4.69) is 23.8 Å². The zero-order valence-corrected chi connectivity index (χ0v) is 9.89. The van der Waals surface area contributed by atoms with Crippen LogP contribution in [0.3, 0.4) is 0 Å². The van der Waals surface area contributed by atoms with Gasteiger partial charge in [-0.3, -0.25) is 9.78 Å². The second-order valence-electron chi connectivity index (χ2n) is 5.07. The van der Waals surface area contributed by atoms with Crippen LogP contribution in [0.15, 0.2) is 18.6 Å².